The summed E-state index contributed by atoms with van der Waals surface area (Å²) in [6.45, 7) is 2.47. The van der Waals surface area contributed by atoms with Crippen molar-refractivity contribution in [3.63, 3.8) is 0 Å². The smallest absolute Gasteiger partial charge is 0.261 e. The first kappa shape index (κ1) is 23.4. The zero-order valence-electron chi connectivity index (χ0n) is 18.0. The molecule has 3 aromatic rings. The number of hydrogen-bond acceptors (Lipinski definition) is 3. The van der Waals surface area contributed by atoms with Crippen molar-refractivity contribution in [2.24, 2.45) is 0 Å². The molecule has 32 heavy (non-hydrogen) atoms. The molecule has 1 unspecified atom stereocenters. The molecule has 0 fully saturated rings. The van der Waals surface area contributed by atoms with Crippen LogP contribution < -0.4 is 10.1 Å². The molecule has 6 heteroatoms. The van der Waals surface area contributed by atoms with Gasteiger partial charge in [0.2, 0.25) is 5.91 Å². The first-order chi connectivity index (χ1) is 15.6. The highest BCUT2D eigenvalue weighted by Gasteiger charge is 2.30. The standard InChI is InChI=1S/C26H27ClN2O3/c1-2-28-26(31)24(17-20-9-5-3-6-10-20)29(18-21-11-7-4-8-12-21)25(30)19-32-23-15-13-22(27)14-16-23/h3-16,24H,2,17-19H2,1H3,(H,28,31). The van der Waals surface area contributed by atoms with Gasteiger partial charge in [0.25, 0.3) is 5.91 Å². The van der Waals surface area contributed by atoms with Crippen LogP contribution in [-0.2, 0) is 22.6 Å². The molecule has 0 aliphatic heterocycles. The number of hydrogen-bond donors (Lipinski definition) is 1. The van der Waals surface area contributed by atoms with E-state index in [9.17, 15) is 9.59 Å². The summed E-state index contributed by atoms with van der Waals surface area (Å²) in [5.41, 5.74) is 1.92. The summed E-state index contributed by atoms with van der Waals surface area (Å²) < 4.78 is 5.70. The van der Waals surface area contributed by atoms with Gasteiger partial charge in [-0.25, -0.2) is 0 Å². The number of rotatable bonds is 10. The molecule has 2 amide bonds. The van der Waals surface area contributed by atoms with Crippen LogP contribution in [0.15, 0.2) is 84.9 Å². The monoisotopic (exact) mass is 450 g/mol. The molecule has 5 nitrogen and oxygen atoms in total. The zero-order valence-corrected chi connectivity index (χ0v) is 18.8. The van der Waals surface area contributed by atoms with E-state index in [1.54, 1.807) is 29.2 Å². The van der Waals surface area contributed by atoms with Gasteiger partial charge in [-0.1, -0.05) is 72.3 Å². The van der Waals surface area contributed by atoms with Gasteiger partial charge in [-0.2, -0.15) is 0 Å². The van der Waals surface area contributed by atoms with E-state index in [2.05, 4.69) is 5.32 Å². The normalized spacial score (nSPS) is 11.4. The van der Waals surface area contributed by atoms with Crippen molar-refractivity contribution in [3.05, 3.63) is 101 Å². The van der Waals surface area contributed by atoms with E-state index >= 15 is 0 Å². The fourth-order valence-corrected chi connectivity index (χ4v) is 3.51. The lowest BCUT2D eigenvalue weighted by atomic mass is 10.0. The van der Waals surface area contributed by atoms with Gasteiger partial charge in [0.05, 0.1) is 0 Å². The van der Waals surface area contributed by atoms with E-state index in [1.165, 1.54) is 0 Å². The molecular weight excluding hydrogens is 424 g/mol. The van der Waals surface area contributed by atoms with E-state index in [0.29, 0.717) is 30.3 Å². The summed E-state index contributed by atoms with van der Waals surface area (Å²) in [6.07, 6.45) is 0.409. The molecule has 0 aliphatic carbocycles. The van der Waals surface area contributed by atoms with Gasteiger partial charge in [-0.05, 0) is 42.3 Å². The lowest BCUT2D eigenvalue weighted by molar-refractivity contribution is -0.142. The van der Waals surface area contributed by atoms with E-state index < -0.39 is 6.04 Å². The Morgan fingerprint density at radius 2 is 1.50 bits per heavy atom. The van der Waals surface area contributed by atoms with Crippen molar-refractivity contribution in [1.29, 1.82) is 0 Å². The lowest BCUT2D eigenvalue weighted by Crippen LogP contribution is -2.51. The molecule has 1 atom stereocenters. The van der Waals surface area contributed by atoms with Gasteiger partial charge >= 0.3 is 0 Å². The Labute approximate surface area is 194 Å². The zero-order chi connectivity index (χ0) is 22.8. The average molecular weight is 451 g/mol. The second-order valence-electron chi connectivity index (χ2n) is 7.35. The number of likely N-dealkylation sites (N-methyl/N-ethyl adjacent to an activating group) is 1. The molecule has 0 spiro atoms. The molecule has 166 valence electrons. The van der Waals surface area contributed by atoms with Crippen LogP contribution in [0.4, 0.5) is 0 Å². The van der Waals surface area contributed by atoms with E-state index in [4.69, 9.17) is 16.3 Å². The molecule has 3 rings (SSSR count). The first-order valence-electron chi connectivity index (χ1n) is 10.6. The Hall–Kier alpha value is -3.31. The summed E-state index contributed by atoms with van der Waals surface area (Å²) in [5.74, 6) is 0.0862. The van der Waals surface area contributed by atoms with E-state index in [1.807, 2.05) is 67.6 Å². The van der Waals surface area contributed by atoms with Crippen LogP contribution in [0.25, 0.3) is 0 Å². The first-order valence-corrected chi connectivity index (χ1v) is 11.0. The number of nitrogens with zero attached hydrogens (tertiary/aromatic N) is 1. The quantitative estimate of drug-likeness (QED) is 0.495. The number of amides is 2. The summed E-state index contributed by atoms with van der Waals surface area (Å²) in [5, 5.41) is 3.47. The third kappa shape index (κ3) is 6.86. The van der Waals surface area contributed by atoms with Crippen molar-refractivity contribution >= 4 is 23.4 Å². The second kappa shape index (κ2) is 11.9. The highest BCUT2D eigenvalue weighted by molar-refractivity contribution is 6.30. The predicted molar refractivity (Wildman–Crippen MR) is 127 cm³/mol. The van der Waals surface area contributed by atoms with Crippen molar-refractivity contribution in [1.82, 2.24) is 10.2 Å². The topological polar surface area (TPSA) is 58.6 Å². The maximum absolute atomic E-state index is 13.3. The van der Waals surface area contributed by atoms with Crippen LogP contribution in [0, 0.1) is 0 Å². The molecule has 0 saturated heterocycles. The largest absolute Gasteiger partial charge is 0.484 e. The molecule has 0 aromatic heterocycles. The summed E-state index contributed by atoms with van der Waals surface area (Å²) >= 11 is 5.92. The Bertz CT molecular complexity index is 995. The van der Waals surface area contributed by atoms with Crippen LogP contribution >= 0.6 is 11.6 Å². The predicted octanol–water partition coefficient (Wildman–Crippen LogP) is 4.50. The van der Waals surface area contributed by atoms with Crippen LogP contribution in [0.5, 0.6) is 5.75 Å². The van der Waals surface area contributed by atoms with E-state index in [-0.39, 0.29) is 18.4 Å². The van der Waals surface area contributed by atoms with Crippen LogP contribution in [0.1, 0.15) is 18.1 Å². The van der Waals surface area contributed by atoms with Gasteiger partial charge in [0, 0.05) is 24.5 Å². The number of carbonyl (C=O) groups excluding carboxylic acids is 2. The molecule has 0 bridgehead atoms. The summed E-state index contributed by atoms with van der Waals surface area (Å²) in [4.78, 5) is 28.0. The molecular formula is C26H27ClN2O3. The second-order valence-corrected chi connectivity index (χ2v) is 7.79. The van der Waals surface area contributed by atoms with Crippen molar-refractivity contribution in [3.8, 4) is 5.75 Å². The van der Waals surface area contributed by atoms with Gasteiger partial charge in [0.15, 0.2) is 6.61 Å². The SMILES string of the molecule is CCNC(=O)C(Cc1ccccc1)N(Cc1ccccc1)C(=O)COc1ccc(Cl)cc1. The lowest BCUT2D eigenvalue weighted by Gasteiger charge is -2.31. The third-order valence-electron chi connectivity index (χ3n) is 4.99. The minimum atomic E-state index is -0.668. The van der Waals surface area contributed by atoms with Gasteiger partial charge < -0.3 is 15.0 Å². The Morgan fingerprint density at radius 1 is 0.906 bits per heavy atom. The fourth-order valence-electron chi connectivity index (χ4n) is 3.38. The Morgan fingerprint density at radius 3 is 2.09 bits per heavy atom. The van der Waals surface area contributed by atoms with Crippen molar-refractivity contribution in [2.45, 2.75) is 25.9 Å². The fraction of sp³-hybridized carbons (Fsp3) is 0.231. The van der Waals surface area contributed by atoms with Crippen molar-refractivity contribution < 1.29 is 14.3 Å². The van der Waals surface area contributed by atoms with Gasteiger partial charge in [-0.15, -0.1) is 0 Å². The number of halogens is 1. The summed E-state index contributed by atoms with van der Waals surface area (Å²) in [6, 6.07) is 25.5. The highest BCUT2D eigenvalue weighted by Crippen LogP contribution is 2.18. The average Bonchev–Trinajstić information content (AvgIpc) is 2.82. The molecule has 3 aromatic carbocycles. The van der Waals surface area contributed by atoms with Crippen LogP contribution in [-0.4, -0.2) is 35.9 Å². The molecule has 0 radical (unpaired) electrons. The number of benzene rings is 3. The molecule has 0 saturated carbocycles. The summed E-state index contributed by atoms with van der Waals surface area (Å²) in [7, 11) is 0. The van der Waals surface area contributed by atoms with Gasteiger partial charge in [-0.3, -0.25) is 9.59 Å². The molecule has 1 N–H and O–H groups in total. The van der Waals surface area contributed by atoms with Crippen LogP contribution in [0.3, 0.4) is 0 Å². The molecule has 0 heterocycles. The Kier molecular flexibility index (Phi) is 8.70. The van der Waals surface area contributed by atoms with Crippen LogP contribution in [0.2, 0.25) is 5.02 Å². The minimum absolute atomic E-state index is 0.181. The maximum Gasteiger partial charge on any atom is 0.261 e. The molecule has 0 aliphatic rings. The number of nitrogens with one attached hydrogen (secondary N) is 1. The van der Waals surface area contributed by atoms with Gasteiger partial charge in [0.1, 0.15) is 11.8 Å². The maximum atomic E-state index is 13.3. The highest BCUT2D eigenvalue weighted by atomic mass is 35.5. The number of carbonyl (C=O) groups is 2. The van der Waals surface area contributed by atoms with E-state index in [0.717, 1.165) is 11.1 Å². The number of ether oxygens (including phenoxy) is 1. The third-order valence-corrected chi connectivity index (χ3v) is 5.25. The van der Waals surface area contributed by atoms with Crippen molar-refractivity contribution in [2.75, 3.05) is 13.2 Å². The minimum Gasteiger partial charge on any atom is -0.484 e. The Balaban J connectivity index is 1.85.